The van der Waals surface area contributed by atoms with Gasteiger partial charge in [0, 0.05) is 19.0 Å². The van der Waals surface area contributed by atoms with Crippen molar-refractivity contribution in [2.24, 2.45) is 5.92 Å². The van der Waals surface area contributed by atoms with Crippen LogP contribution in [-0.2, 0) is 4.79 Å². The first-order chi connectivity index (χ1) is 6.84. The average molecular weight is 196 g/mol. The predicted molar refractivity (Wildman–Crippen MR) is 56.0 cm³/mol. The van der Waals surface area contributed by atoms with Gasteiger partial charge >= 0.3 is 0 Å². The largest absolute Gasteiger partial charge is 0.352 e. The molecule has 1 saturated heterocycles. The fraction of sp³-hybridized carbons (Fsp3) is 0.909. The van der Waals surface area contributed by atoms with Crippen molar-refractivity contribution in [3.05, 3.63) is 0 Å². The second-order valence-corrected chi connectivity index (χ2v) is 4.59. The SMILES string of the molecule is O=C1CCC(CNCCC2CCC2)N1. The number of hydrogen-bond donors (Lipinski definition) is 2. The minimum absolute atomic E-state index is 0.218. The molecule has 3 heteroatoms. The topological polar surface area (TPSA) is 41.1 Å². The molecule has 1 aliphatic heterocycles. The van der Waals surface area contributed by atoms with Gasteiger partial charge in [0.2, 0.25) is 5.91 Å². The Balaban J connectivity index is 1.48. The molecule has 0 radical (unpaired) electrons. The second-order valence-electron chi connectivity index (χ2n) is 4.59. The zero-order chi connectivity index (χ0) is 9.80. The van der Waals surface area contributed by atoms with Gasteiger partial charge in [0.25, 0.3) is 0 Å². The van der Waals surface area contributed by atoms with Gasteiger partial charge in [-0.1, -0.05) is 19.3 Å². The van der Waals surface area contributed by atoms with E-state index in [1.807, 2.05) is 0 Å². The van der Waals surface area contributed by atoms with Crippen molar-refractivity contribution in [2.45, 2.75) is 44.6 Å². The van der Waals surface area contributed by atoms with Crippen molar-refractivity contribution in [3.8, 4) is 0 Å². The zero-order valence-corrected chi connectivity index (χ0v) is 8.72. The Morgan fingerprint density at radius 2 is 2.21 bits per heavy atom. The van der Waals surface area contributed by atoms with Crippen LogP contribution >= 0.6 is 0 Å². The second kappa shape index (κ2) is 4.78. The van der Waals surface area contributed by atoms with E-state index in [2.05, 4.69) is 10.6 Å². The van der Waals surface area contributed by atoms with Crippen LogP contribution in [0.4, 0.5) is 0 Å². The minimum atomic E-state index is 0.218. The first kappa shape index (κ1) is 9.97. The molecule has 2 fully saturated rings. The van der Waals surface area contributed by atoms with Crippen LogP contribution in [0.2, 0.25) is 0 Å². The van der Waals surface area contributed by atoms with Gasteiger partial charge in [-0.25, -0.2) is 0 Å². The molecule has 1 atom stereocenters. The van der Waals surface area contributed by atoms with Gasteiger partial charge in [0.05, 0.1) is 0 Å². The number of amides is 1. The van der Waals surface area contributed by atoms with E-state index < -0.39 is 0 Å². The lowest BCUT2D eigenvalue weighted by Gasteiger charge is -2.25. The summed E-state index contributed by atoms with van der Waals surface area (Å²) in [6, 6.07) is 0.392. The van der Waals surface area contributed by atoms with E-state index in [9.17, 15) is 4.79 Å². The third-order valence-electron chi connectivity index (χ3n) is 3.43. The Morgan fingerprint density at radius 1 is 1.36 bits per heavy atom. The van der Waals surface area contributed by atoms with Gasteiger partial charge in [-0.15, -0.1) is 0 Å². The maximum atomic E-state index is 10.9. The molecule has 1 amide bonds. The summed E-state index contributed by atoms with van der Waals surface area (Å²) in [4.78, 5) is 10.9. The summed E-state index contributed by atoms with van der Waals surface area (Å²) in [6.45, 7) is 2.08. The first-order valence-corrected chi connectivity index (χ1v) is 5.84. The highest BCUT2D eigenvalue weighted by molar-refractivity contribution is 5.78. The standard InChI is InChI=1S/C11H20N2O/c14-11-5-4-10(13-11)8-12-7-6-9-2-1-3-9/h9-10,12H,1-8H2,(H,13,14). The van der Waals surface area contributed by atoms with Crippen LogP contribution in [0.25, 0.3) is 0 Å². The van der Waals surface area contributed by atoms with Gasteiger partial charge in [0.1, 0.15) is 0 Å². The van der Waals surface area contributed by atoms with Crippen molar-refractivity contribution >= 4 is 5.91 Å². The highest BCUT2D eigenvalue weighted by Crippen LogP contribution is 2.28. The number of carbonyl (C=O) groups is 1. The molecule has 1 aliphatic carbocycles. The lowest BCUT2D eigenvalue weighted by molar-refractivity contribution is -0.119. The van der Waals surface area contributed by atoms with Gasteiger partial charge < -0.3 is 10.6 Å². The Bertz CT molecular complexity index is 201. The van der Waals surface area contributed by atoms with Crippen LogP contribution in [0.1, 0.15) is 38.5 Å². The minimum Gasteiger partial charge on any atom is -0.352 e. The van der Waals surface area contributed by atoms with Crippen molar-refractivity contribution in [2.75, 3.05) is 13.1 Å². The molecule has 0 spiro atoms. The third kappa shape index (κ3) is 2.71. The lowest BCUT2D eigenvalue weighted by Crippen LogP contribution is -2.36. The molecular weight excluding hydrogens is 176 g/mol. The van der Waals surface area contributed by atoms with E-state index in [0.29, 0.717) is 6.04 Å². The van der Waals surface area contributed by atoms with Crippen molar-refractivity contribution in [1.29, 1.82) is 0 Å². The van der Waals surface area contributed by atoms with E-state index in [1.165, 1.54) is 25.7 Å². The summed E-state index contributed by atoms with van der Waals surface area (Å²) < 4.78 is 0. The van der Waals surface area contributed by atoms with E-state index >= 15 is 0 Å². The van der Waals surface area contributed by atoms with Gasteiger partial charge in [-0.05, 0) is 25.3 Å². The fourth-order valence-corrected chi connectivity index (χ4v) is 2.19. The number of hydrogen-bond acceptors (Lipinski definition) is 2. The molecular formula is C11H20N2O. The quantitative estimate of drug-likeness (QED) is 0.645. The molecule has 3 nitrogen and oxygen atoms in total. The summed E-state index contributed by atoms with van der Waals surface area (Å²) in [7, 11) is 0. The van der Waals surface area contributed by atoms with Crippen LogP contribution in [0.3, 0.4) is 0 Å². The van der Waals surface area contributed by atoms with E-state index in [-0.39, 0.29) is 5.91 Å². The van der Waals surface area contributed by atoms with Gasteiger partial charge in [-0.2, -0.15) is 0 Å². The van der Waals surface area contributed by atoms with Gasteiger partial charge in [-0.3, -0.25) is 4.79 Å². The summed E-state index contributed by atoms with van der Waals surface area (Å²) in [5, 5.41) is 6.40. The van der Waals surface area contributed by atoms with Crippen LogP contribution in [0.5, 0.6) is 0 Å². The summed E-state index contributed by atoms with van der Waals surface area (Å²) in [6.07, 6.45) is 7.35. The summed E-state index contributed by atoms with van der Waals surface area (Å²) in [5.41, 5.74) is 0. The Kier molecular flexibility index (Phi) is 3.40. The summed E-state index contributed by atoms with van der Waals surface area (Å²) in [5.74, 6) is 1.21. The van der Waals surface area contributed by atoms with Crippen molar-refractivity contribution < 1.29 is 4.79 Å². The average Bonchev–Trinajstić information content (AvgIpc) is 2.48. The number of carbonyl (C=O) groups excluding carboxylic acids is 1. The number of rotatable bonds is 5. The summed E-state index contributed by atoms with van der Waals surface area (Å²) >= 11 is 0. The Hall–Kier alpha value is -0.570. The molecule has 0 bridgehead atoms. The van der Waals surface area contributed by atoms with E-state index in [4.69, 9.17) is 0 Å². The third-order valence-corrected chi connectivity index (χ3v) is 3.43. The molecule has 80 valence electrons. The Labute approximate surface area is 85.6 Å². The predicted octanol–water partition coefficient (Wildman–Crippen LogP) is 1.04. The van der Waals surface area contributed by atoms with E-state index in [1.54, 1.807) is 0 Å². The normalized spacial score (nSPS) is 27.4. The first-order valence-electron chi connectivity index (χ1n) is 5.84. The molecule has 14 heavy (non-hydrogen) atoms. The van der Waals surface area contributed by atoms with Gasteiger partial charge in [0.15, 0.2) is 0 Å². The molecule has 1 saturated carbocycles. The lowest BCUT2D eigenvalue weighted by atomic mass is 9.83. The van der Waals surface area contributed by atoms with Crippen LogP contribution in [0.15, 0.2) is 0 Å². The maximum Gasteiger partial charge on any atom is 0.220 e. The van der Waals surface area contributed by atoms with E-state index in [0.717, 1.165) is 31.8 Å². The molecule has 2 rings (SSSR count). The van der Waals surface area contributed by atoms with Crippen LogP contribution in [0, 0.1) is 5.92 Å². The monoisotopic (exact) mass is 196 g/mol. The van der Waals surface area contributed by atoms with Crippen molar-refractivity contribution in [1.82, 2.24) is 10.6 Å². The molecule has 0 aromatic rings. The molecule has 1 heterocycles. The molecule has 1 unspecified atom stereocenters. The Morgan fingerprint density at radius 3 is 2.79 bits per heavy atom. The number of nitrogens with one attached hydrogen (secondary N) is 2. The fourth-order valence-electron chi connectivity index (χ4n) is 2.19. The molecule has 0 aromatic heterocycles. The zero-order valence-electron chi connectivity index (χ0n) is 8.72. The van der Waals surface area contributed by atoms with Crippen molar-refractivity contribution in [3.63, 3.8) is 0 Å². The highest BCUT2D eigenvalue weighted by Gasteiger charge is 2.20. The van der Waals surface area contributed by atoms with Crippen LogP contribution in [-0.4, -0.2) is 25.0 Å². The smallest absolute Gasteiger partial charge is 0.220 e. The maximum absolute atomic E-state index is 10.9. The molecule has 2 aliphatic rings. The molecule has 0 aromatic carbocycles. The van der Waals surface area contributed by atoms with Crippen LogP contribution < -0.4 is 10.6 Å². The highest BCUT2D eigenvalue weighted by atomic mass is 16.1. The molecule has 2 N–H and O–H groups in total.